The molecule has 0 radical (unpaired) electrons. The van der Waals surface area contributed by atoms with Gasteiger partial charge in [-0.05, 0) is 31.0 Å². The van der Waals surface area contributed by atoms with Crippen molar-refractivity contribution in [1.29, 1.82) is 0 Å². The second kappa shape index (κ2) is 7.45. The number of hydrogen-bond donors (Lipinski definition) is 2. The lowest BCUT2D eigenvalue weighted by molar-refractivity contribution is 0.0924. The Labute approximate surface area is 157 Å². The zero-order chi connectivity index (χ0) is 18.6. The molecule has 0 spiro atoms. The third-order valence-electron chi connectivity index (χ3n) is 4.69. The Balaban J connectivity index is 1.54. The van der Waals surface area contributed by atoms with Crippen LogP contribution < -0.4 is 5.32 Å². The first-order valence-corrected chi connectivity index (χ1v) is 8.99. The Morgan fingerprint density at radius 2 is 1.93 bits per heavy atom. The van der Waals surface area contributed by atoms with E-state index in [1.165, 1.54) is 0 Å². The number of aromatic amines is 1. The Morgan fingerprint density at radius 3 is 2.67 bits per heavy atom. The quantitative estimate of drug-likeness (QED) is 0.552. The number of para-hydroxylation sites is 2. The Bertz CT molecular complexity index is 1020. The van der Waals surface area contributed by atoms with Gasteiger partial charge >= 0.3 is 0 Å². The van der Waals surface area contributed by atoms with Gasteiger partial charge in [-0.25, -0.2) is 9.97 Å². The molecule has 2 N–H and O–H groups in total. The lowest BCUT2D eigenvalue weighted by atomic mass is 10.0. The van der Waals surface area contributed by atoms with E-state index in [-0.39, 0.29) is 11.9 Å². The van der Waals surface area contributed by atoms with E-state index in [9.17, 15) is 4.79 Å². The van der Waals surface area contributed by atoms with Gasteiger partial charge in [-0.3, -0.25) is 4.79 Å². The van der Waals surface area contributed by atoms with Gasteiger partial charge < -0.3 is 14.9 Å². The third-order valence-corrected chi connectivity index (χ3v) is 4.69. The number of carbonyl (C=O) groups is 1. The van der Waals surface area contributed by atoms with Crippen LogP contribution in [0.1, 0.15) is 34.5 Å². The van der Waals surface area contributed by atoms with Crippen molar-refractivity contribution in [3.05, 3.63) is 84.2 Å². The van der Waals surface area contributed by atoms with Crippen LogP contribution in [0.25, 0.3) is 11.0 Å². The van der Waals surface area contributed by atoms with Gasteiger partial charge in [0.05, 0.1) is 17.1 Å². The van der Waals surface area contributed by atoms with Crippen molar-refractivity contribution in [2.75, 3.05) is 0 Å². The molecule has 1 amide bonds. The largest absolute Gasteiger partial charge is 0.343 e. The molecule has 0 saturated heterocycles. The fourth-order valence-electron chi connectivity index (χ4n) is 3.20. The van der Waals surface area contributed by atoms with E-state index in [1.54, 1.807) is 6.20 Å². The summed E-state index contributed by atoms with van der Waals surface area (Å²) < 4.78 is 2.09. The lowest BCUT2D eigenvalue weighted by Crippen LogP contribution is -2.30. The van der Waals surface area contributed by atoms with Crippen molar-refractivity contribution < 1.29 is 4.79 Å². The number of imidazole rings is 2. The van der Waals surface area contributed by atoms with Gasteiger partial charge in [0.1, 0.15) is 5.82 Å². The molecular weight excluding hydrogens is 338 g/mol. The summed E-state index contributed by atoms with van der Waals surface area (Å²) in [4.78, 5) is 24.6. The number of amides is 1. The highest BCUT2D eigenvalue weighted by molar-refractivity contribution is 5.94. The van der Waals surface area contributed by atoms with Crippen LogP contribution in [0, 0.1) is 6.92 Å². The van der Waals surface area contributed by atoms with Crippen molar-refractivity contribution in [2.45, 2.75) is 25.9 Å². The fourth-order valence-corrected chi connectivity index (χ4v) is 3.20. The average Bonchev–Trinajstić information content (AvgIpc) is 3.31. The first kappa shape index (κ1) is 17.0. The molecule has 2 aromatic carbocycles. The molecule has 0 aliphatic rings. The second-order valence-corrected chi connectivity index (χ2v) is 6.50. The van der Waals surface area contributed by atoms with Gasteiger partial charge in [0.15, 0.2) is 5.82 Å². The molecule has 4 aromatic rings. The first-order chi connectivity index (χ1) is 13.2. The van der Waals surface area contributed by atoms with Crippen LogP contribution in [-0.4, -0.2) is 25.4 Å². The van der Waals surface area contributed by atoms with E-state index in [0.29, 0.717) is 5.82 Å². The summed E-state index contributed by atoms with van der Waals surface area (Å²) in [6, 6.07) is 17.5. The Kier molecular flexibility index (Phi) is 4.70. The van der Waals surface area contributed by atoms with Crippen molar-refractivity contribution in [3.8, 4) is 0 Å². The molecule has 6 heteroatoms. The van der Waals surface area contributed by atoms with Gasteiger partial charge in [-0.15, -0.1) is 0 Å². The molecule has 2 heterocycles. The molecule has 0 fully saturated rings. The minimum Gasteiger partial charge on any atom is -0.343 e. The number of aromatic nitrogens is 4. The number of nitrogens with one attached hydrogen (secondary N) is 2. The molecule has 0 saturated carbocycles. The molecule has 0 aliphatic heterocycles. The maximum atomic E-state index is 12.8. The van der Waals surface area contributed by atoms with Crippen LogP contribution in [0.2, 0.25) is 0 Å². The minimum absolute atomic E-state index is 0.117. The highest BCUT2D eigenvalue weighted by Gasteiger charge is 2.18. The molecule has 0 unspecified atom stereocenters. The predicted molar refractivity (Wildman–Crippen MR) is 104 cm³/mol. The summed E-state index contributed by atoms with van der Waals surface area (Å²) in [6.45, 7) is 2.75. The van der Waals surface area contributed by atoms with Crippen LogP contribution in [0.3, 0.4) is 0 Å². The van der Waals surface area contributed by atoms with Crippen molar-refractivity contribution in [1.82, 2.24) is 24.8 Å². The zero-order valence-electron chi connectivity index (χ0n) is 15.1. The highest BCUT2D eigenvalue weighted by atomic mass is 16.2. The maximum Gasteiger partial charge on any atom is 0.287 e. The SMILES string of the molecule is Cc1nccn1CC[C@H](NC(=O)c1nc2ccccc2[nH]1)c1ccccc1. The molecule has 6 nitrogen and oxygen atoms in total. The average molecular weight is 359 g/mol. The first-order valence-electron chi connectivity index (χ1n) is 8.99. The molecule has 0 aliphatic carbocycles. The van der Waals surface area contributed by atoms with Gasteiger partial charge in [-0.2, -0.15) is 0 Å². The molecule has 2 aromatic heterocycles. The Morgan fingerprint density at radius 1 is 1.15 bits per heavy atom. The van der Waals surface area contributed by atoms with Crippen molar-refractivity contribution in [2.24, 2.45) is 0 Å². The number of H-pyrrole nitrogens is 1. The van der Waals surface area contributed by atoms with Gasteiger partial charge in [0.25, 0.3) is 5.91 Å². The van der Waals surface area contributed by atoms with Gasteiger partial charge in [-0.1, -0.05) is 42.5 Å². The molecule has 27 heavy (non-hydrogen) atoms. The van der Waals surface area contributed by atoms with Crippen LogP contribution in [0.5, 0.6) is 0 Å². The molecule has 4 rings (SSSR count). The third kappa shape index (κ3) is 3.74. The number of rotatable bonds is 6. The number of fused-ring (bicyclic) bond motifs is 1. The van der Waals surface area contributed by atoms with E-state index < -0.39 is 0 Å². The molecule has 1 atom stereocenters. The molecule has 0 bridgehead atoms. The minimum atomic E-state index is -0.206. The summed E-state index contributed by atoms with van der Waals surface area (Å²) in [6.07, 6.45) is 4.51. The van der Waals surface area contributed by atoms with Crippen LogP contribution in [0.4, 0.5) is 0 Å². The summed E-state index contributed by atoms with van der Waals surface area (Å²) in [5, 5.41) is 3.13. The van der Waals surface area contributed by atoms with Crippen LogP contribution in [0.15, 0.2) is 67.0 Å². The van der Waals surface area contributed by atoms with Gasteiger partial charge in [0, 0.05) is 18.9 Å². The standard InChI is InChI=1S/C21H21N5O/c1-15-22-12-14-26(15)13-11-17(16-7-3-2-4-8-16)25-21(27)20-23-18-9-5-6-10-19(18)24-20/h2-10,12,14,17H,11,13H2,1H3,(H,23,24)(H,25,27)/t17-/m0/s1. The highest BCUT2D eigenvalue weighted by Crippen LogP contribution is 2.19. The zero-order valence-corrected chi connectivity index (χ0v) is 15.1. The van der Waals surface area contributed by atoms with E-state index in [2.05, 4.69) is 24.8 Å². The normalized spacial score (nSPS) is 12.2. The number of carbonyl (C=O) groups excluding carboxylic acids is 1. The maximum absolute atomic E-state index is 12.8. The second-order valence-electron chi connectivity index (χ2n) is 6.50. The lowest BCUT2D eigenvalue weighted by Gasteiger charge is -2.19. The molecule has 136 valence electrons. The smallest absolute Gasteiger partial charge is 0.287 e. The molecular formula is C21H21N5O. The number of aryl methyl sites for hydroxylation is 2. The number of hydrogen-bond acceptors (Lipinski definition) is 3. The number of benzene rings is 2. The van der Waals surface area contributed by atoms with Crippen molar-refractivity contribution >= 4 is 16.9 Å². The summed E-state index contributed by atoms with van der Waals surface area (Å²) in [5.74, 6) is 1.09. The van der Waals surface area contributed by atoms with Gasteiger partial charge in [0.2, 0.25) is 0 Å². The van der Waals surface area contributed by atoms with E-state index >= 15 is 0 Å². The van der Waals surface area contributed by atoms with Crippen LogP contribution >= 0.6 is 0 Å². The topological polar surface area (TPSA) is 75.6 Å². The predicted octanol–water partition coefficient (Wildman–Crippen LogP) is 3.63. The summed E-state index contributed by atoms with van der Waals surface area (Å²) in [7, 11) is 0. The van der Waals surface area contributed by atoms with Crippen molar-refractivity contribution in [3.63, 3.8) is 0 Å². The van der Waals surface area contributed by atoms with Crippen LogP contribution in [-0.2, 0) is 6.54 Å². The monoisotopic (exact) mass is 359 g/mol. The van der Waals surface area contributed by atoms with E-state index in [1.807, 2.05) is 67.7 Å². The summed E-state index contributed by atoms with van der Waals surface area (Å²) in [5.41, 5.74) is 2.71. The Hall–Kier alpha value is -3.41. The van der Waals surface area contributed by atoms with E-state index in [4.69, 9.17) is 0 Å². The fraction of sp³-hybridized carbons (Fsp3) is 0.190. The number of nitrogens with zero attached hydrogens (tertiary/aromatic N) is 3. The summed E-state index contributed by atoms with van der Waals surface area (Å²) >= 11 is 0. The van der Waals surface area contributed by atoms with E-state index in [0.717, 1.165) is 35.4 Å².